The van der Waals surface area contributed by atoms with Crippen LogP contribution in [-0.2, 0) is 0 Å². The Bertz CT molecular complexity index is 895. The summed E-state index contributed by atoms with van der Waals surface area (Å²) in [5.74, 6) is 0.469. The summed E-state index contributed by atoms with van der Waals surface area (Å²) in [5.41, 5.74) is 8.34. The largest absolute Gasteiger partial charge is 0.383 e. The minimum atomic E-state index is 0.469. The summed E-state index contributed by atoms with van der Waals surface area (Å²) in [5, 5.41) is 6.27. The molecule has 0 aliphatic rings. The molecule has 0 aliphatic carbocycles. The maximum Gasteiger partial charge on any atom is 0.133 e. The van der Waals surface area contributed by atoms with Crippen LogP contribution in [0.15, 0.2) is 37.1 Å². The summed E-state index contributed by atoms with van der Waals surface area (Å²) in [6, 6.07) is 1.88. The first-order valence-corrected chi connectivity index (χ1v) is 5.46. The zero-order valence-corrected chi connectivity index (χ0v) is 9.28. The van der Waals surface area contributed by atoms with Gasteiger partial charge in [0.2, 0.25) is 0 Å². The summed E-state index contributed by atoms with van der Waals surface area (Å²) >= 11 is 0. The molecule has 6 nitrogen and oxygen atoms in total. The molecule has 0 amide bonds. The van der Waals surface area contributed by atoms with Crippen molar-refractivity contribution in [2.45, 2.75) is 0 Å². The molecule has 4 aromatic rings. The van der Waals surface area contributed by atoms with Crippen molar-refractivity contribution in [1.29, 1.82) is 0 Å². The molecular formula is C12H8N6. The first-order chi connectivity index (χ1) is 8.84. The summed E-state index contributed by atoms with van der Waals surface area (Å²) < 4.78 is 1.75. The van der Waals surface area contributed by atoms with Gasteiger partial charge in [-0.05, 0) is 6.07 Å². The Labute approximate surface area is 101 Å². The van der Waals surface area contributed by atoms with E-state index in [2.05, 4.69) is 20.1 Å². The van der Waals surface area contributed by atoms with Gasteiger partial charge in [0.05, 0.1) is 11.6 Å². The molecule has 0 unspecified atom stereocenters. The van der Waals surface area contributed by atoms with Crippen LogP contribution in [0, 0.1) is 0 Å². The van der Waals surface area contributed by atoms with Gasteiger partial charge in [-0.25, -0.2) is 9.50 Å². The van der Waals surface area contributed by atoms with Crippen molar-refractivity contribution >= 4 is 33.1 Å². The van der Waals surface area contributed by atoms with Gasteiger partial charge in [0.25, 0.3) is 0 Å². The van der Waals surface area contributed by atoms with E-state index in [1.807, 2.05) is 6.07 Å². The zero-order valence-electron chi connectivity index (χ0n) is 9.28. The third kappa shape index (κ3) is 1.06. The second-order valence-electron chi connectivity index (χ2n) is 4.02. The number of fused-ring (bicyclic) bond motifs is 5. The van der Waals surface area contributed by atoms with Crippen LogP contribution in [0.1, 0.15) is 0 Å². The van der Waals surface area contributed by atoms with Gasteiger partial charge in [-0.1, -0.05) is 0 Å². The third-order valence-electron chi connectivity index (χ3n) is 2.99. The molecule has 86 valence electrons. The Hall–Kier alpha value is -2.76. The molecule has 0 aliphatic heterocycles. The van der Waals surface area contributed by atoms with Crippen LogP contribution in [-0.4, -0.2) is 24.6 Å². The minimum absolute atomic E-state index is 0.469. The fourth-order valence-corrected chi connectivity index (χ4v) is 2.18. The first-order valence-electron chi connectivity index (χ1n) is 5.46. The minimum Gasteiger partial charge on any atom is -0.383 e. The highest BCUT2D eigenvalue weighted by molar-refractivity contribution is 6.11. The van der Waals surface area contributed by atoms with Crippen LogP contribution in [0.2, 0.25) is 0 Å². The van der Waals surface area contributed by atoms with E-state index in [9.17, 15) is 0 Å². The molecule has 6 heteroatoms. The van der Waals surface area contributed by atoms with Crippen molar-refractivity contribution in [1.82, 2.24) is 24.6 Å². The molecule has 0 atom stereocenters. The molecule has 2 N–H and O–H groups in total. The molecular weight excluding hydrogens is 228 g/mol. The van der Waals surface area contributed by atoms with Crippen LogP contribution in [0.3, 0.4) is 0 Å². The number of pyridine rings is 2. The Morgan fingerprint density at radius 1 is 1.06 bits per heavy atom. The Balaban J connectivity index is 2.35. The lowest BCUT2D eigenvalue weighted by molar-refractivity contribution is 0.965. The molecule has 0 saturated heterocycles. The van der Waals surface area contributed by atoms with Gasteiger partial charge in [-0.15, -0.1) is 0 Å². The molecule has 4 rings (SSSR count). The van der Waals surface area contributed by atoms with Crippen molar-refractivity contribution in [2.75, 3.05) is 5.73 Å². The maximum atomic E-state index is 5.94. The standard InChI is InChI=1S/C12H8N6/c13-12-9-7(1-2-15-12)5-16-10-8-6-14-3-4-18(8)17-11(9)10/h1-6H,(H2,13,15). The SMILES string of the molecule is Nc1nccc2cnc3c(nn4ccncc34)c12. The fourth-order valence-electron chi connectivity index (χ4n) is 2.18. The molecule has 0 spiro atoms. The highest BCUT2D eigenvalue weighted by Crippen LogP contribution is 2.27. The number of aromatic nitrogens is 5. The third-order valence-corrected chi connectivity index (χ3v) is 2.99. The summed E-state index contributed by atoms with van der Waals surface area (Å²) in [6.07, 6.45) is 8.66. The lowest BCUT2D eigenvalue weighted by Crippen LogP contribution is -1.92. The van der Waals surface area contributed by atoms with E-state index < -0.39 is 0 Å². The average Bonchev–Trinajstić information content (AvgIpc) is 2.77. The van der Waals surface area contributed by atoms with E-state index in [-0.39, 0.29) is 0 Å². The fraction of sp³-hybridized carbons (Fsp3) is 0. The number of anilines is 1. The Morgan fingerprint density at radius 3 is 2.94 bits per heavy atom. The molecule has 0 saturated carbocycles. The van der Waals surface area contributed by atoms with E-state index >= 15 is 0 Å². The van der Waals surface area contributed by atoms with E-state index in [1.165, 1.54) is 0 Å². The molecule has 4 heterocycles. The predicted octanol–water partition coefficient (Wildman–Crippen LogP) is 1.41. The van der Waals surface area contributed by atoms with Gasteiger partial charge in [0.15, 0.2) is 0 Å². The van der Waals surface area contributed by atoms with Crippen molar-refractivity contribution < 1.29 is 0 Å². The van der Waals surface area contributed by atoms with E-state index in [0.717, 1.165) is 27.3 Å². The summed E-state index contributed by atoms with van der Waals surface area (Å²) in [7, 11) is 0. The summed E-state index contributed by atoms with van der Waals surface area (Å²) in [6.45, 7) is 0. The van der Waals surface area contributed by atoms with Crippen LogP contribution in [0.25, 0.3) is 27.3 Å². The average molecular weight is 236 g/mol. The van der Waals surface area contributed by atoms with Crippen LogP contribution < -0.4 is 5.73 Å². The van der Waals surface area contributed by atoms with Crippen LogP contribution in [0.4, 0.5) is 5.82 Å². The van der Waals surface area contributed by atoms with Gasteiger partial charge >= 0.3 is 0 Å². The molecule has 4 aromatic heterocycles. The van der Waals surface area contributed by atoms with Gasteiger partial charge in [-0.3, -0.25) is 9.97 Å². The van der Waals surface area contributed by atoms with Crippen molar-refractivity contribution in [3.05, 3.63) is 37.1 Å². The number of rotatable bonds is 0. The highest BCUT2D eigenvalue weighted by Gasteiger charge is 2.12. The van der Waals surface area contributed by atoms with Gasteiger partial charge in [0.1, 0.15) is 22.4 Å². The molecule has 0 radical (unpaired) electrons. The van der Waals surface area contributed by atoms with Gasteiger partial charge < -0.3 is 5.73 Å². The lowest BCUT2D eigenvalue weighted by atomic mass is 10.2. The Morgan fingerprint density at radius 2 is 2.00 bits per heavy atom. The van der Waals surface area contributed by atoms with Gasteiger partial charge in [-0.2, -0.15) is 5.10 Å². The normalized spacial score (nSPS) is 11.6. The molecule has 18 heavy (non-hydrogen) atoms. The maximum absolute atomic E-state index is 5.94. The van der Waals surface area contributed by atoms with E-state index in [1.54, 1.807) is 35.5 Å². The Kier molecular flexibility index (Phi) is 1.62. The number of nitrogens with zero attached hydrogens (tertiary/aromatic N) is 5. The van der Waals surface area contributed by atoms with Crippen LogP contribution >= 0.6 is 0 Å². The number of hydrogen-bond donors (Lipinski definition) is 1. The van der Waals surface area contributed by atoms with Gasteiger partial charge in [0, 0.05) is 30.2 Å². The molecule has 0 bridgehead atoms. The number of nitrogens with two attached hydrogens (primary N) is 1. The highest BCUT2D eigenvalue weighted by atomic mass is 15.2. The second-order valence-corrected chi connectivity index (χ2v) is 4.02. The quantitative estimate of drug-likeness (QED) is 0.499. The van der Waals surface area contributed by atoms with Crippen molar-refractivity contribution in [3.63, 3.8) is 0 Å². The molecule has 0 aromatic carbocycles. The number of nitrogen functional groups attached to an aromatic ring is 1. The first kappa shape index (κ1) is 9.29. The molecule has 0 fully saturated rings. The summed E-state index contributed by atoms with van der Waals surface area (Å²) in [4.78, 5) is 12.6. The van der Waals surface area contributed by atoms with E-state index in [4.69, 9.17) is 5.73 Å². The van der Waals surface area contributed by atoms with Crippen molar-refractivity contribution in [3.8, 4) is 0 Å². The van der Waals surface area contributed by atoms with Crippen LogP contribution in [0.5, 0.6) is 0 Å². The predicted molar refractivity (Wildman–Crippen MR) is 68.0 cm³/mol. The topological polar surface area (TPSA) is 82.0 Å². The second kappa shape index (κ2) is 3.13. The number of hydrogen-bond acceptors (Lipinski definition) is 5. The van der Waals surface area contributed by atoms with E-state index in [0.29, 0.717) is 5.82 Å². The van der Waals surface area contributed by atoms with Crippen molar-refractivity contribution in [2.24, 2.45) is 0 Å². The zero-order chi connectivity index (χ0) is 12.1. The lowest BCUT2D eigenvalue weighted by Gasteiger charge is -2.00. The smallest absolute Gasteiger partial charge is 0.133 e. The monoisotopic (exact) mass is 236 g/mol.